The standard InChI is InChI=1S/C20H27N3O4/c1-14(24)23-9-7-22(8-10-23)13-19(25)21-18-12-16-6-4-3-5-15(16)11-17(18)20(26)27-2/h11-12H,3-10,13H2,1-2H3,(H,21,25). The molecule has 0 aromatic heterocycles. The molecule has 0 atom stereocenters. The summed E-state index contributed by atoms with van der Waals surface area (Å²) in [6, 6.07) is 3.79. The average molecular weight is 373 g/mol. The van der Waals surface area contributed by atoms with Gasteiger partial charge in [-0.3, -0.25) is 14.5 Å². The molecule has 7 heteroatoms. The van der Waals surface area contributed by atoms with Crippen LogP contribution in [0.15, 0.2) is 12.1 Å². The van der Waals surface area contributed by atoms with Gasteiger partial charge in [0.1, 0.15) is 0 Å². The molecule has 0 unspecified atom stereocenters. The van der Waals surface area contributed by atoms with Gasteiger partial charge in [-0.1, -0.05) is 0 Å². The van der Waals surface area contributed by atoms with Gasteiger partial charge >= 0.3 is 5.97 Å². The normalized spacial score (nSPS) is 17.2. The zero-order valence-corrected chi connectivity index (χ0v) is 16.0. The topological polar surface area (TPSA) is 79.0 Å². The second kappa shape index (κ2) is 8.52. The Hall–Kier alpha value is -2.41. The molecule has 1 aliphatic heterocycles. The number of esters is 1. The molecule has 0 radical (unpaired) electrons. The van der Waals surface area contributed by atoms with Crippen LogP contribution in [0.4, 0.5) is 5.69 Å². The molecule has 27 heavy (non-hydrogen) atoms. The molecule has 1 N–H and O–H groups in total. The molecule has 1 aliphatic carbocycles. The molecule has 7 nitrogen and oxygen atoms in total. The van der Waals surface area contributed by atoms with Gasteiger partial charge in [-0.25, -0.2) is 4.79 Å². The first-order valence-corrected chi connectivity index (χ1v) is 9.49. The fourth-order valence-corrected chi connectivity index (χ4v) is 3.78. The van der Waals surface area contributed by atoms with Crippen molar-refractivity contribution in [2.45, 2.75) is 32.6 Å². The molecule has 1 aromatic carbocycles. The van der Waals surface area contributed by atoms with Crippen molar-refractivity contribution in [2.24, 2.45) is 0 Å². The zero-order valence-electron chi connectivity index (χ0n) is 16.0. The van der Waals surface area contributed by atoms with Crippen molar-refractivity contribution >= 4 is 23.5 Å². The van der Waals surface area contributed by atoms with Gasteiger partial charge in [-0.15, -0.1) is 0 Å². The van der Waals surface area contributed by atoms with E-state index in [9.17, 15) is 14.4 Å². The lowest BCUT2D eigenvalue weighted by molar-refractivity contribution is -0.130. The van der Waals surface area contributed by atoms with Crippen LogP contribution in [0.25, 0.3) is 0 Å². The van der Waals surface area contributed by atoms with Crippen molar-refractivity contribution in [3.63, 3.8) is 0 Å². The monoisotopic (exact) mass is 373 g/mol. The van der Waals surface area contributed by atoms with Crippen molar-refractivity contribution in [3.05, 3.63) is 28.8 Å². The summed E-state index contributed by atoms with van der Waals surface area (Å²) >= 11 is 0. The molecule has 1 fully saturated rings. The lowest BCUT2D eigenvalue weighted by Crippen LogP contribution is -2.49. The fraction of sp³-hybridized carbons (Fsp3) is 0.550. The van der Waals surface area contributed by atoms with E-state index in [4.69, 9.17) is 4.74 Å². The number of piperazine rings is 1. The Morgan fingerprint density at radius 2 is 1.67 bits per heavy atom. The number of methoxy groups -OCH3 is 1. The second-order valence-corrected chi connectivity index (χ2v) is 7.20. The Morgan fingerprint density at radius 3 is 2.26 bits per heavy atom. The summed E-state index contributed by atoms with van der Waals surface area (Å²) in [6.45, 7) is 4.40. The van der Waals surface area contributed by atoms with Gasteiger partial charge in [0.25, 0.3) is 0 Å². The number of ether oxygens (including phenoxy) is 1. The van der Waals surface area contributed by atoms with Gasteiger partial charge in [-0.2, -0.15) is 0 Å². The highest BCUT2D eigenvalue weighted by molar-refractivity contribution is 6.02. The van der Waals surface area contributed by atoms with E-state index in [1.54, 1.807) is 11.8 Å². The van der Waals surface area contributed by atoms with Crippen LogP contribution in [-0.2, 0) is 27.2 Å². The number of nitrogens with zero attached hydrogens (tertiary/aromatic N) is 2. The van der Waals surface area contributed by atoms with Gasteiger partial charge < -0.3 is 15.0 Å². The van der Waals surface area contributed by atoms with Crippen LogP contribution >= 0.6 is 0 Å². The minimum absolute atomic E-state index is 0.0656. The summed E-state index contributed by atoms with van der Waals surface area (Å²) in [5.74, 6) is -0.531. The summed E-state index contributed by atoms with van der Waals surface area (Å²) in [6.07, 6.45) is 4.16. The number of benzene rings is 1. The predicted octanol–water partition coefficient (Wildman–Crippen LogP) is 1.45. The van der Waals surface area contributed by atoms with E-state index >= 15 is 0 Å². The first kappa shape index (κ1) is 19.4. The van der Waals surface area contributed by atoms with Crippen LogP contribution < -0.4 is 5.32 Å². The predicted molar refractivity (Wildman–Crippen MR) is 102 cm³/mol. The number of rotatable bonds is 4. The smallest absolute Gasteiger partial charge is 0.339 e. The van der Waals surface area contributed by atoms with Crippen molar-refractivity contribution < 1.29 is 19.1 Å². The number of hydrogen-bond acceptors (Lipinski definition) is 5. The first-order valence-electron chi connectivity index (χ1n) is 9.49. The van der Waals surface area contributed by atoms with Crippen molar-refractivity contribution in [3.8, 4) is 0 Å². The molecule has 0 bridgehead atoms. The summed E-state index contributed by atoms with van der Waals surface area (Å²) in [5.41, 5.74) is 3.29. The maximum atomic E-state index is 12.5. The Labute approximate surface area is 159 Å². The summed E-state index contributed by atoms with van der Waals surface area (Å²) < 4.78 is 4.90. The number of anilines is 1. The quantitative estimate of drug-likeness (QED) is 0.809. The van der Waals surface area contributed by atoms with Gasteiger partial charge in [0.05, 0.1) is 24.9 Å². The number of hydrogen-bond donors (Lipinski definition) is 1. The molecule has 0 spiro atoms. The average Bonchev–Trinajstić information content (AvgIpc) is 2.67. The molecule has 1 heterocycles. The molecule has 3 rings (SSSR count). The molecule has 2 aliphatic rings. The number of carbonyl (C=O) groups is 3. The number of carbonyl (C=O) groups excluding carboxylic acids is 3. The molecule has 0 saturated carbocycles. The number of fused-ring (bicyclic) bond motifs is 1. The highest BCUT2D eigenvalue weighted by Crippen LogP contribution is 2.28. The van der Waals surface area contributed by atoms with Crippen LogP contribution in [-0.4, -0.2) is 67.4 Å². The molecule has 1 aromatic rings. The highest BCUT2D eigenvalue weighted by Gasteiger charge is 2.23. The van der Waals surface area contributed by atoms with E-state index < -0.39 is 5.97 Å². The SMILES string of the molecule is COC(=O)c1cc2c(cc1NC(=O)CN1CCN(C(C)=O)CC1)CCCC2. The molecule has 146 valence electrons. The third-order valence-corrected chi connectivity index (χ3v) is 5.35. The minimum Gasteiger partial charge on any atom is -0.465 e. The maximum Gasteiger partial charge on any atom is 0.339 e. The summed E-state index contributed by atoms with van der Waals surface area (Å²) in [4.78, 5) is 39.9. The number of amides is 2. The Morgan fingerprint density at radius 1 is 1.04 bits per heavy atom. The van der Waals surface area contributed by atoms with Crippen molar-refractivity contribution in [1.82, 2.24) is 9.80 Å². The molecule has 1 saturated heterocycles. The Bertz CT molecular complexity index is 739. The van der Waals surface area contributed by atoms with Crippen LogP contribution in [0.1, 0.15) is 41.3 Å². The van der Waals surface area contributed by atoms with E-state index in [2.05, 4.69) is 5.32 Å². The van der Waals surface area contributed by atoms with Crippen LogP contribution in [0.2, 0.25) is 0 Å². The van der Waals surface area contributed by atoms with Crippen LogP contribution in [0, 0.1) is 0 Å². The number of nitrogens with one attached hydrogen (secondary N) is 1. The van der Waals surface area contributed by atoms with Crippen LogP contribution in [0.5, 0.6) is 0 Å². The maximum absolute atomic E-state index is 12.5. The van der Waals surface area contributed by atoms with E-state index in [1.165, 1.54) is 18.2 Å². The third kappa shape index (κ3) is 4.66. The lowest BCUT2D eigenvalue weighted by atomic mass is 9.89. The van der Waals surface area contributed by atoms with E-state index in [-0.39, 0.29) is 18.4 Å². The van der Waals surface area contributed by atoms with E-state index in [0.29, 0.717) is 37.4 Å². The van der Waals surface area contributed by atoms with Crippen LogP contribution in [0.3, 0.4) is 0 Å². The van der Waals surface area contributed by atoms with E-state index in [0.717, 1.165) is 25.7 Å². The Balaban J connectivity index is 1.68. The van der Waals surface area contributed by atoms with Gasteiger partial charge in [0, 0.05) is 33.1 Å². The van der Waals surface area contributed by atoms with Crippen molar-refractivity contribution in [1.29, 1.82) is 0 Å². The van der Waals surface area contributed by atoms with Gasteiger partial charge in [-0.05, 0) is 48.9 Å². The highest BCUT2D eigenvalue weighted by atomic mass is 16.5. The Kier molecular flexibility index (Phi) is 6.11. The van der Waals surface area contributed by atoms with Gasteiger partial charge in [0.15, 0.2) is 0 Å². The molecular formula is C20H27N3O4. The fourth-order valence-electron chi connectivity index (χ4n) is 3.78. The second-order valence-electron chi connectivity index (χ2n) is 7.20. The van der Waals surface area contributed by atoms with Crippen molar-refractivity contribution in [2.75, 3.05) is 45.2 Å². The largest absolute Gasteiger partial charge is 0.465 e. The first-order chi connectivity index (χ1) is 13.0. The molecular weight excluding hydrogens is 346 g/mol. The van der Waals surface area contributed by atoms with Gasteiger partial charge in [0.2, 0.25) is 11.8 Å². The third-order valence-electron chi connectivity index (χ3n) is 5.35. The lowest BCUT2D eigenvalue weighted by Gasteiger charge is -2.33. The molecule has 2 amide bonds. The summed E-state index contributed by atoms with van der Waals surface area (Å²) in [5, 5.41) is 2.90. The zero-order chi connectivity index (χ0) is 19.4. The summed E-state index contributed by atoms with van der Waals surface area (Å²) in [7, 11) is 1.35. The van der Waals surface area contributed by atoms with E-state index in [1.807, 2.05) is 17.0 Å². The minimum atomic E-state index is -0.436. The number of aryl methyl sites for hydroxylation is 2.